The molecule has 2 heteroatoms. The molecule has 18 heavy (non-hydrogen) atoms. The summed E-state index contributed by atoms with van der Waals surface area (Å²) in [6.07, 6.45) is 12.2. The fourth-order valence-electron chi connectivity index (χ4n) is 3.64. The highest BCUT2D eigenvalue weighted by Gasteiger charge is 2.38. The van der Waals surface area contributed by atoms with Crippen molar-refractivity contribution in [2.45, 2.75) is 64.7 Å². The molecule has 0 saturated heterocycles. The molecule has 0 unspecified atom stereocenters. The summed E-state index contributed by atoms with van der Waals surface area (Å²) in [5, 5.41) is 0. The van der Waals surface area contributed by atoms with Crippen molar-refractivity contribution in [3.8, 4) is 0 Å². The van der Waals surface area contributed by atoms with E-state index in [1.807, 2.05) is 14.2 Å². The van der Waals surface area contributed by atoms with E-state index in [1.165, 1.54) is 57.8 Å². The first-order valence-corrected chi connectivity index (χ1v) is 7.77. The molecule has 0 aromatic heterocycles. The number of rotatable bonds is 9. The lowest BCUT2D eigenvalue weighted by Crippen LogP contribution is -2.40. The summed E-state index contributed by atoms with van der Waals surface area (Å²) in [4.78, 5) is 0. The molecule has 1 aliphatic carbocycles. The van der Waals surface area contributed by atoms with E-state index < -0.39 is 0 Å². The van der Waals surface area contributed by atoms with E-state index in [4.69, 9.17) is 9.47 Å². The fourth-order valence-corrected chi connectivity index (χ4v) is 3.64. The second kappa shape index (κ2) is 8.92. The third-order valence-corrected chi connectivity index (χ3v) is 4.61. The summed E-state index contributed by atoms with van der Waals surface area (Å²) >= 11 is 0. The molecular formula is C16H32O2. The van der Waals surface area contributed by atoms with Crippen molar-refractivity contribution in [1.82, 2.24) is 0 Å². The lowest BCUT2D eigenvalue weighted by molar-refractivity contribution is -0.0476. The molecule has 1 fully saturated rings. The van der Waals surface area contributed by atoms with E-state index in [9.17, 15) is 0 Å². The minimum absolute atomic E-state index is 0.277. The second-order valence-electron chi connectivity index (χ2n) is 6.02. The van der Waals surface area contributed by atoms with E-state index in [1.54, 1.807) is 0 Å². The van der Waals surface area contributed by atoms with Gasteiger partial charge in [-0.15, -0.1) is 0 Å². The van der Waals surface area contributed by atoms with E-state index in [2.05, 4.69) is 6.92 Å². The minimum Gasteiger partial charge on any atom is -0.384 e. The monoisotopic (exact) mass is 256 g/mol. The zero-order valence-corrected chi connectivity index (χ0v) is 12.7. The van der Waals surface area contributed by atoms with Crippen LogP contribution in [-0.4, -0.2) is 27.4 Å². The van der Waals surface area contributed by atoms with Crippen LogP contribution in [0.1, 0.15) is 64.7 Å². The second-order valence-corrected chi connectivity index (χ2v) is 6.02. The topological polar surface area (TPSA) is 18.5 Å². The smallest absolute Gasteiger partial charge is 0.0543 e. The molecule has 0 spiro atoms. The van der Waals surface area contributed by atoms with Gasteiger partial charge in [0.25, 0.3) is 0 Å². The van der Waals surface area contributed by atoms with Crippen LogP contribution in [0.3, 0.4) is 0 Å². The molecule has 0 heterocycles. The number of ether oxygens (including phenoxy) is 2. The fraction of sp³-hybridized carbons (Fsp3) is 1.00. The van der Waals surface area contributed by atoms with Crippen LogP contribution >= 0.6 is 0 Å². The molecule has 1 aliphatic rings. The molecule has 0 aromatic rings. The quantitative estimate of drug-likeness (QED) is 0.568. The van der Waals surface area contributed by atoms with Gasteiger partial charge in [0, 0.05) is 19.6 Å². The Kier molecular flexibility index (Phi) is 7.92. The van der Waals surface area contributed by atoms with E-state index >= 15 is 0 Å². The van der Waals surface area contributed by atoms with Crippen molar-refractivity contribution < 1.29 is 9.47 Å². The van der Waals surface area contributed by atoms with E-state index in [0.717, 1.165) is 19.1 Å². The lowest BCUT2D eigenvalue weighted by atomic mass is 9.67. The van der Waals surface area contributed by atoms with Gasteiger partial charge in [0.15, 0.2) is 0 Å². The first kappa shape index (κ1) is 16.0. The Labute approximate surface area is 113 Å². The summed E-state index contributed by atoms with van der Waals surface area (Å²) in [6.45, 7) is 4.01. The number of hydrogen-bond acceptors (Lipinski definition) is 2. The standard InChI is InChI=1S/C16H32O2/c1-4-5-9-12-16(13-17-2,14-18-3)15-10-7-6-8-11-15/h15H,4-14H2,1-3H3. The van der Waals surface area contributed by atoms with Gasteiger partial charge in [0.2, 0.25) is 0 Å². The minimum atomic E-state index is 0.277. The molecule has 0 aromatic carbocycles. The average Bonchev–Trinajstić information content (AvgIpc) is 2.40. The maximum absolute atomic E-state index is 5.56. The van der Waals surface area contributed by atoms with Gasteiger partial charge >= 0.3 is 0 Å². The molecule has 108 valence electrons. The Hall–Kier alpha value is -0.0800. The average molecular weight is 256 g/mol. The van der Waals surface area contributed by atoms with Crippen LogP contribution in [0.5, 0.6) is 0 Å². The Morgan fingerprint density at radius 1 is 0.944 bits per heavy atom. The third kappa shape index (κ3) is 4.55. The van der Waals surface area contributed by atoms with E-state index in [-0.39, 0.29) is 5.41 Å². The third-order valence-electron chi connectivity index (χ3n) is 4.61. The van der Waals surface area contributed by atoms with Crippen molar-refractivity contribution in [1.29, 1.82) is 0 Å². The predicted molar refractivity (Wildman–Crippen MR) is 76.9 cm³/mol. The van der Waals surface area contributed by atoms with Crippen molar-refractivity contribution in [3.05, 3.63) is 0 Å². The van der Waals surface area contributed by atoms with Crippen LogP contribution in [0.15, 0.2) is 0 Å². The molecule has 0 atom stereocenters. The van der Waals surface area contributed by atoms with Crippen molar-refractivity contribution >= 4 is 0 Å². The van der Waals surface area contributed by atoms with Gasteiger partial charge < -0.3 is 9.47 Å². The van der Waals surface area contributed by atoms with Crippen molar-refractivity contribution in [2.75, 3.05) is 27.4 Å². The van der Waals surface area contributed by atoms with Gasteiger partial charge in [-0.05, 0) is 25.2 Å². The molecule has 1 rings (SSSR count). The normalized spacial score (nSPS) is 18.2. The van der Waals surface area contributed by atoms with Gasteiger partial charge in [0.05, 0.1) is 13.2 Å². The van der Waals surface area contributed by atoms with Gasteiger partial charge in [-0.2, -0.15) is 0 Å². The first-order valence-electron chi connectivity index (χ1n) is 7.77. The number of hydrogen-bond donors (Lipinski definition) is 0. The zero-order chi connectivity index (χ0) is 13.3. The number of methoxy groups -OCH3 is 2. The first-order chi connectivity index (χ1) is 8.79. The van der Waals surface area contributed by atoms with E-state index in [0.29, 0.717) is 0 Å². The van der Waals surface area contributed by atoms with Crippen LogP contribution in [0, 0.1) is 11.3 Å². The van der Waals surface area contributed by atoms with Crippen molar-refractivity contribution in [3.63, 3.8) is 0 Å². The molecule has 1 saturated carbocycles. The van der Waals surface area contributed by atoms with Crippen LogP contribution in [0.25, 0.3) is 0 Å². The number of unbranched alkanes of at least 4 members (excludes halogenated alkanes) is 2. The SMILES string of the molecule is CCCCCC(COC)(COC)C1CCCCC1. The molecule has 0 N–H and O–H groups in total. The molecule has 0 bridgehead atoms. The van der Waals surface area contributed by atoms with Crippen molar-refractivity contribution in [2.24, 2.45) is 11.3 Å². The maximum atomic E-state index is 5.56. The summed E-state index contributed by atoms with van der Waals surface area (Å²) < 4.78 is 11.1. The highest BCUT2D eigenvalue weighted by molar-refractivity contribution is 4.88. The highest BCUT2D eigenvalue weighted by Crippen LogP contribution is 2.42. The molecule has 0 radical (unpaired) electrons. The lowest BCUT2D eigenvalue weighted by Gasteiger charge is -2.42. The summed E-state index contributed by atoms with van der Waals surface area (Å²) in [6, 6.07) is 0. The van der Waals surface area contributed by atoms with Gasteiger partial charge in [0.1, 0.15) is 0 Å². The maximum Gasteiger partial charge on any atom is 0.0543 e. The highest BCUT2D eigenvalue weighted by atomic mass is 16.5. The molecule has 2 nitrogen and oxygen atoms in total. The summed E-state index contributed by atoms with van der Waals surface area (Å²) in [5.74, 6) is 0.808. The van der Waals surface area contributed by atoms with Crippen LogP contribution in [0.2, 0.25) is 0 Å². The van der Waals surface area contributed by atoms with Crippen LogP contribution in [0.4, 0.5) is 0 Å². The summed E-state index contributed by atoms with van der Waals surface area (Å²) in [7, 11) is 3.68. The Morgan fingerprint density at radius 3 is 2.06 bits per heavy atom. The largest absolute Gasteiger partial charge is 0.384 e. The van der Waals surface area contributed by atoms with Gasteiger partial charge in [-0.1, -0.05) is 45.4 Å². The molecule has 0 aliphatic heterocycles. The molecule has 0 amide bonds. The van der Waals surface area contributed by atoms with Gasteiger partial charge in [-0.3, -0.25) is 0 Å². The van der Waals surface area contributed by atoms with Crippen LogP contribution in [-0.2, 0) is 9.47 Å². The van der Waals surface area contributed by atoms with Crippen LogP contribution < -0.4 is 0 Å². The zero-order valence-electron chi connectivity index (χ0n) is 12.7. The Morgan fingerprint density at radius 2 is 1.56 bits per heavy atom. The Bertz CT molecular complexity index is 191. The molecular weight excluding hydrogens is 224 g/mol. The predicted octanol–water partition coefficient (Wildman–Crippen LogP) is 4.43. The Balaban J connectivity index is 2.66. The summed E-state index contributed by atoms with van der Waals surface area (Å²) in [5.41, 5.74) is 0.277. The van der Waals surface area contributed by atoms with Gasteiger partial charge in [-0.25, -0.2) is 0 Å².